The maximum absolute atomic E-state index is 14.2. The van der Waals surface area contributed by atoms with Crippen molar-refractivity contribution in [3.8, 4) is 11.3 Å². The molecule has 3 aromatic rings. The third kappa shape index (κ3) is 5.54. The molecule has 3 heterocycles. The minimum Gasteiger partial charge on any atom is -0.443 e. The summed E-state index contributed by atoms with van der Waals surface area (Å²) in [6.07, 6.45) is 7.25. The highest BCUT2D eigenvalue weighted by Gasteiger charge is 2.40. The first-order chi connectivity index (χ1) is 17.8. The normalized spacial score (nSPS) is 19.8. The number of hydrogen-bond donors (Lipinski definition) is 1. The number of pyridine rings is 1. The molecule has 38 heavy (non-hydrogen) atoms. The molecule has 2 saturated carbocycles. The Balaban J connectivity index is 1.32. The van der Waals surface area contributed by atoms with Crippen molar-refractivity contribution in [3.05, 3.63) is 36.2 Å². The summed E-state index contributed by atoms with van der Waals surface area (Å²) in [5.41, 5.74) is 1.64. The fourth-order valence-corrected chi connectivity index (χ4v) is 4.85. The van der Waals surface area contributed by atoms with Crippen LogP contribution in [-0.2, 0) is 9.47 Å². The summed E-state index contributed by atoms with van der Waals surface area (Å²) in [7, 11) is 0. The molecule has 0 bridgehead atoms. The topological polar surface area (TPSA) is 102 Å². The predicted molar refractivity (Wildman–Crippen MR) is 140 cm³/mol. The van der Waals surface area contributed by atoms with Gasteiger partial charge in [0.25, 0.3) is 0 Å². The maximum Gasteiger partial charge on any atom is 0.419 e. The number of halogens is 1. The lowest BCUT2D eigenvalue weighted by atomic mass is 9.80. The van der Waals surface area contributed by atoms with Gasteiger partial charge < -0.3 is 14.5 Å². The number of nitrogens with zero attached hydrogens (tertiary/aromatic N) is 4. The van der Waals surface area contributed by atoms with E-state index in [0.29, 0.717) is 11.4 Å². The molecule has 5 rings (SSSR count). The lowest BCUT2D eigenvalue weighted by molar-refractivity contribution is -0.00641. The van der Waals surface area contributed by atoms with E-state index in [1.165, 1.54) is 6.20 Å². The number of amides is 2. The van der Waals surface area contributed by atoms with Crippen molar-refractivity contribution in [2.75, 3.05) is 6.54 Å². The molecular weight excluding hydrogens is 489 g/mol. The first kappa shape index (κ1) is 26.2. The third-order valence-corrected chi connectivity index (χ3v) is 6.78. The summed E-state index contributed by atoms with van der Waals surface area (Å²) in [5.74, 6) is 0.102. The quantitative estimate of drug-likeness (QED) is 0.404. The van der Waals surface area contributed by atoms with Crippen molar-refractivity contribution in [2.45, 2.75) is 90.4 Å². The van der Waals surface area contributed by atoms with Gasteiger partial charge in [-0.3, -0.25) is 9.67 Å². The van der Waals surface area contributed by atoms with E-state index in [1.54, 1.807) is 47.7 Å². The summed E-state index contributed by atoms with van der Waals surface area (Å²) in [6, 6.07) is 1.98. The molecule has 0 aliphatic heterocycles. The largest absolute Gasteiger partial charge is 0.443 e. The van der Waals surface area contributed by atoms with Crippen LogP contribution in [0.25, 0.3) is 22.2 Å². The van der Waals surface area contributed by atoms with Crippen LogP contribution in [0.1, 0.15) is 84.9 Å². The lowest BCUT2D eigenvalue weighted by Gasteiger charge is -2.38. The summed E-state index contributed by atoms with van der Waals surface area (Å²) in [5, 5.41) is 5.68. The molecule has 1 N–H and O–H groups in total. The maximum atomic E-state index is 14.2. The first-order valence-electron chi connectivity index (χ1n) is 13.2. The van der Waals surface area contributed by atoms with Crippen molar-refractivity contribution in [2.24, 2.45) is 5.92 Å². The van der Waals surface area contributed by atoms with Crippen LogP contribution in [0.15, 0.2) is 24.7 Å². The number of aromatic nitrogens is 4. The Morgan fingerprint density at radius 3 is 2.32 bits per heavy atom. The van der Waals surface area contributed by atoms with Crippen LogP contribution in [0.4, 0.5) is 14.0 Å². The SMILES string of the molecule is CC(C)(C)OC(=O)N(CC1CC(n2cc(-c3ncc(F)c4[nH]ccc34)c(C3CC3)n2)C1)C(=O)OC(C)(C)C. The molecular formula is C28H36FN5O4. The zero-order chi connectivity index (χ0) is 27.4. The number of H-pyrrole nitrogens is 1. The van der Waals surface area contributed by atoms with Crippen molar-refractivity contribution >= 4 is 23.1 Å². The lowest BCUT2D eigenvalue weighted by Crippen LogP contribution is -2.47. The second-order valence-electron chi connectivity index (χ2n) is 12.5. The van der Waals surface area contributed by atoms with Crippen LogP contribution >= 0.6 is 0 Å². The van der Waals surface area contributed by atoms with Gasteiger partial charge in [0, 0.05) is 35.8 Å². The van der Waals surface area contributed by atoms with Gasteiger partial charge in [-0.1, -0.05) is 0 Å². The van der Waals surface area contributed by atoms with E-state index in [9.17, 15) is 14.0 Å². The molecule has 0 spiro atoms. The Hall–Kier alpha value is -3.43. The van der Waals surface area contributed by atoms with E-state index in [1.807, 2.05) is 16.9 Å². The fourth-order valence-electron chi connectivity index (χ4n) is 4.85. The van der Waals surface area contributed by atoms with Gasteiger partial charge in [-0.25, -0.2) is 18.9 Å². The number of aromatic amines is 1. The van der Waals surface area contributed by atoms with Gasteiger partial charge in [-0.05, 0) is 79.2 Å². The number of carbonyl (C=O) groups excluding carboxylic acids is 2. The minimum atomic E-state index is -0.733. The van der Waals surface area contributed by atoms with Crippen LogP contribution in [0, 0.1) is 11.7 Å². The van der Waals surface area contributed by atoms with E-state index in [2.05, 4.69) is 9.97 Å². The molecule has 0 saturated heterocycles. The van der Waals surface area contributed by atoms with E-state index < -0.39 is 23.4 Å². The van der Waals surface area contributed by atoms with E-state index >= 15 is 0 Å². The fraction of sp³-hybridized carbons (Fsp3) is 0.571. The Morgan fingerprint density at radius 2 is 1.74 bits per heavy atom. The molecule has 0 radical (unpaired) electrons. The second-order valence-corrected chi connectivity index (χ2v) is 12.5. The number of ether oxygens (including phenoxy) is 2. The predicted octanol–water partition coefficient (Wildman–Crippen LogP) is 6.57. The summed E-state index contributed by atoms with van der Waals surface area (Å²) < 4.78 is 27.2. The van der Waals surface area contributed by atoms with Crippen LogP contribution in [0.2, 0.25) is 0 Å². The Bertz CT molecular complexity index is 1330. The third-order valence-electron chi connectivity index (χ3n) is 6.78. The molecule has 2 aliphatic rings. The van der Waals surface area contributed by atoms with Gasteiger partial charge >= 0.3 is 12.2 Å². The Morgan fingerprint density at radius 1 is 1.11 bits per heavy atom. The highest BCUT2D eigenvalue weighted by molar-refractivity contribution is 5.93. The number of carbonyl (C=O) groups is 2. The number of imide groups is 1. The molecule has 0 unspecified atom stereocenters. The monoisotopic (exact) mass is 525 g/mol. The molecule has 3 aromatic heterocycles. The average molecular weight is 526 g/mol. The number of rotatable bonds is 5. The minimum absolute atomic E-state index is 0.0948. The van der Waals surface area contributed by atoms with Crippen molar-refractivity contribution in [3.63, 3.8) is 0 Å². The molecule has 0 aromatic carbocycles. The zero-order valence-corrected chi connectivity index (χ0v) is 22.9. The van der Waals surface area contributed by atoms with Crippen LogP contribution in [0.3, 0.4) is 0 Å². The van der Waals surface area contributed by atoms with Crippen LogP contribution in [-0.4, -0.2) is 54.6 Å². The zero-order valence-electron chi connectivity index (χ0n) is 22.9. The molecule has 10 heteroatoms. The average Bonchev–Trinajstić information content (AvgIpc) is 3.31. The van der Waals surface area contributed by atoms with Gasteiger partial charge in [0.05, 0.1) is 29.1 Å². The van der Waals surface area contributed by atoms with Gasteiger partial charge in [-0.15, -0.1) is 0 Å². The van der Waals surface area contributed by atoms with Gasteiger partial charge in [0.15, 0.2) is 5.82 Å². The smallest absolute Gasteiger partial charge is 0.419 e. The second kappa shape index (κ2) is 9.39. The van der Waals surface area contributed by atoms with Gasteiger partial charge in [0.1, 0.15) is 11.2 Å². The molecule has 9 nitrogen and oxygen atoms in total. The number of fused-ring (bicyclic) bond motifs is 1. The van der Waals surface area contributed by atoms with E-state index in [0.717, 1.165) is 52.9 Å². The van der Waals surface area contributed by atoms with Gasteiger partial charge in [-0.2, -0.15) is 5.10 Å². The van der Waals surface area contributed by atoms with E-state index in [4.69, 9.17) is 14.6 Å². The van der Waals surface area contributed by atoms with E-state index in [-0.39, 0.29) is 24.3 Å². The van der Waals surface area contributed by atoms with Crippen LogP contribution < -0.4 is 0 Å². The van der Waals surface area contributed by atoms with Crippen molar-refractivity contribution in [1.82, 2.24) is 24.6 Å². The highest BCUT2D eigenvalue weighted by Crippen LogP contribution is 2.46. The summed E-state index contributed by atoms with van der Waals surface area (Å²) in [4.78, 5) is 34.2. The number of nitrogens with one attached hydrogen (secondary N) is 1. The molecule has 0 atom stereocenters. The van der Waals surface area contributed by atoms with Crippen molar-refractivity contribution < 1.29 is 23.5 Å². The van der Waals surface area contributed by atoms with Gasteiger partial charge in [0.2, 0.25) is 0 Å². The molecule has 2 fully saturated rings. The Labute approximate surface area is 221 Å². The summed E-state index contributed by atoms with van der Waals surface area (Å²) in [6.45, 7) is 10.8. The van der Waals surface area contributed by atoms with Crippen molar-refractivity contribution in [1.29, 1.82) is 0 Å². The standard InChI is InChI=1S/C28H36FN5O4/c1-27(2,3)37-25(35)33(26(36)38-28(4,5)6)14-16-11-18(12-16)34-15-20(22(32-34)17-7-8-17)23-19-9-10-30-24(19)21(29)13-31-23/h9-10,13,15-18,30H,7-8,11-12,14H2,1-6H3. The molecule has 2 aliphatic carbocycles. The number of hydrogen-bond acceptors (Lipinski definition) is 6. The highest BCUT2D eigenvalue weighted by atomic mass is 19.1. The molecule has 204 valence electrons. The first-order valence-corrected chi connectivity index (χ1v) is 13.2. The van der Waals surface area contributed by atoms with Crippen LogP contribution in [0.5, 0.6) is 0 Å². The molecule has 2 amide bonds. The summed E-state index contributed by atoms with van der Waals surface area (Å²) >= 11 is 0. The Kier molecular flexibility index (Phi) is 6.47.